The molecule has 1 heterocycles. The van der Waals surface area contributed by atoms with Gasteiger partial charge in [0.15, 0.2) is 0 Å². The van der Waals surface area contributed by atoms with Crippen LogP contribution in [0.4, 0.5) is 0 Å². The van der Waals surface area contributed by atoms with Crippen molar-refractivity contribution in [1.29, 1.82) is 0 Å². The number of carbonyl (C=O) groups excluding carboxylic acids is 1. The van der Waals surface area contributed by atoms with E-state index in [1.807, 2.05) is 25.1 Å². The van der Waals surface area contributed by atoms with Gasteiger partial charge in [0, 0.05) is 36.9 Å². The summed E-state index contributed by atoms with van der Waals surface area (Å²) < 4.78 is 6.17. The highest BCUT2D eigenvalue weighted by molar-refractivity contribution is 6.30. The van der Waals surface area contributed by atoms with E-state index in [1.54, 1.807) is 0 Å². The normalized spacial score (nSPS) is 19.8. The maximum atomic E-state index is 11.4. The predicted molar refractivity (Wildman–Crippen MR) is 90.3 cm³/mol. The number of halogens is 1. The second-order valence-corrected chi connectivity index (χ2v) is 6.39. The van der Waals surface area contributed by atoms with Gasteiger partial charge in [-0.05, 0) is 43.5 Å². The van der Waals surface area contributed by atoms with Crippen LogP contribution in [0.1, 0.15) is 50.7 Å². The topological polar surface area (TPSA) is 38.3 Å². The predicted octanol–water partition coefficient (Wildman–Crippen LogP) is 4.16. The monoisotopic (exact) mass is 323 g/mol. The van der Waals surface area contributed by atoms with E-state index in [4.69, 9.17) is 16.3 Å². The first-order valence-electron chi connectivity index (χ1n) is 8.30. The molecule has 0 bridgehead atoms. The fraction of sp³-hybridized carbons (Fsp3) is 0.611. The molecule has 0 radical (unpaired) electrons. The molecule has 4 heteroatoms. The number of ketones is 1. The van der Waals surface area contributed by atoms with E-state index in [9.17, 15) is 4.79 Å². The number of rotatable bonds is 8. The SMILES string of the molecule is CCC(=O)CCCO[C@@H](c1cccc(Cl)c1)[C@@H]1CCCNC1. The first kappa shape index (κ1) is 17.5. The maximum absolute atomic E-state index is 11.4. The largest absolute Gasteiger partial charge is 0.373 e. The van der Waals surface area contributed by atoms with Gasteiger partial charge in [-0.25, -0.2) is 0 Å². The molecule has 22 heavy (non-hydrogen) atoms. The third-order valence-electron chi connectivity index (χ3n) is 4.23. The Balaban J connectivity index is 1.97. The third-order valence-corrected chi connectivity index (χ3v) is 4.47. The minimum absolute atomic E-state index is 0.0585. The molecule has 3 nitrogen and oxygen atoms in total. The van der Waals surface area contributed by atoms with Crippen LogP contribution in [0.25, 0.3) is 0 Å². The van der Waals surface area contributed by atoms with Crippen molar-refractivity contribution in [2.24, 2.45) is 5.92 Å². The fourth-order valence-electron chi connectivity index (χ4n) is 2.98. The summed E-state index contributed by atoms with van der Waals surface area (Å²) in [5.41, 5.74) is 1.14. The number of ether oxygens (including phenoxy) is 1. The van der Waals surface area contributed by atoms with Crippen LogP contribution in [-0.4, -0.2) is 25.5 Å². The summed E-state index contributed by atoms with van der Waals surface area (Å²) in [6.07, 6.45) is 4.43. The number of Topliss-reactive ketones (excluding diaryl/α,β-unsaturated/α-hetero) is 1. The van der Waals surface area contributed by atoms with Crippen LogP contribution in [0.2, 0.25) is 5.02 Å². The molecule has 1 N–H and O–H groups in total. The molecule has 0 spiro atoms. The van der Waals surface area contributed by atoms with Crippen molar-refractivity contribution in [3.8, 4) is 0 Å². The Bertz CT molecular complexity index is 472. The first-order valence-corrected chi connectivity index (χ1v) is 8.68. The van der Waals surface area contributed by atoms with Crippen molar-refractivity contribution >= 4 is 17.4 Å². The third kappa shape index (κ3) is 5.38. The van der Waals surface area contributed by atoms with Crippen LogP contribution in [0, 0.1) is 5.92 Å². The minimum Gasteiger partial charge on any atom is -0.373 e. The van der Waals surface area contributed by atoms with Gasteiger partial charge in [0.25, 0.3) is 0 Å². The van der Waals surface area contributed by atoms with Gasteiger partial charge >= 0.3 is 0 Å². The standard InChI is InChI=1S/C18H26ClNO2/c1-2-17(21)9-5-11-22-18(15-7-4-10-20-13-15)14-6-3-8-16(19)12-14/h3,6,8,12,15,18,20H,2,4-5,7,9-11,13H2,1H3/t15-,18+/m1/s1. The van der Waals surface area contributed by atoms with Crippen LogP contribution in [0.5, 0.6) is 0 Å². The summed E-state index contributed by atoms with van der Waals surface area (Å²) in [6.45, 7) is 4.60. The molecule has 1 fully saturated rings. The zero-order valence-corrected chi connectivity index (χ0v) is 14.1. The van der Waals surface area contributed by atoms with Gasteiger partial charge in [-0.15, -0.1) is 0 Å². The average molecular weight is 324 g/mol. The Morgan fingerprint density at radius 1 is 1.50 bits per heavy atom. The highest BCUT2D eigenvalue weighted by Crippen LogP contribution is 2.32. The molecule has 0 aliphatic carbocycles. The number of carbonyl (C=O) groups is 1. The summed E-state index contributed by atoms with van der Waals surface area (Å²) in [5.74, 6) is 0.774. The van der Waals surface area contributed by atoms with Crippen molar-refractivity contribution in [3.63, 3.8) is 0 Å². The zero-order valence-electron chi connectivity index (χ0n) is 13.3. The van der Waals surface area contributed by atoms with Crippen LogP contribution >= 0.6 is 11.6 Å². The molecule has 1 aromatic carbocycles. The molecular weight excluding hydrogens is 298 g/mol. The summed E-state index contributed by atoms with van der Waals surface area (Å²) >= 11 is 6.13. The zero-order chi connectivity index (χ0) is 15.8. The van der Waals surface area contributed by atoms with Crippen LogP contribution in [-0.2, 0) is 9.53 Å². The van der Waals surface area contributed by atoms with Crippen molar-refractivity contribution < 1.29 is 9.53 Å². The maximum Gasteiger partial charge on any atom is 0.132 e. The average Bonchev–Trinajstić information content (AvgIpc) is 2.55. The van der Waals surface area contributed by atoms with E-state index in [0.29, 0.717) is 31.1 Å². The Hall–Kier alpha value is -0.900. The summed E-state index contributed by atoms with van der Waals surface area (Å²) in [4.78, 5) is 11.4. The Morgan fingerprint density at radius 2 is 2.36 bits per heavy atom. The molecular formula is C18H26ClNO2. The smallest absolute Gasteiger partial charge is 0.132 e. The van der Waals surface area contributed by atoms with E-state index >= 15 is 0 Å². The molecule has 0 amide bonds. The van der Waals surface area contributed by atoms with Crippen molar-refractivity contribution in [1.82, 2.24) is 5.32 Å². The molecule has 1 aliphatic rings. The lowest BCUT2D eigenvalue weighted by molar-refractivity contribution is -0.119. The van der Waals surface area contributed by atoms with Crippen LogP contribution in [0.15, 0.2) is 24.3 Å². The quantitative estimate of drug-likeness (QED) is 0.730. The molecule has 2 atom stereocenters. The van der Waals surface area contributed by atoms with Gasteiger partial charge in [0.2, 0.25) is 0 Å². The lowest BCUT2D eigenvalue weighted by atomic mass is 9.89. The van der Waals surface area contributed by atoms with Crippen molar-refractivity contribution in [3.05, 3.63) is 34.9 Å². The highest BCUT2D eigenvalue weighted by Gasteiger charge is 2.25. The van der Waals surface area contributed by atoms with Gasteiger partial charge in [0.1, 0.15) is 5.78 Å². The molecule has 2 rings (SSSR count). The summed E-state index contributed by atoms with van der Waals surface area (Å²) in [6, 6.07) is 7.95. The molecule has 1 saturated heterocycles. The van der Waals surface area contributed by atoms with Crippen molar-refractivity contribution in [2.75, 3.05) is 19.7 Å². The van der Waals surface area contributed by atoms with Crippen LogP contribution < -0.4 is 5.32 Å². The first-order chi connectivity index (χ1) is 10.7. The van der Waals surface area contributed by atoms with Gasteiger partial charge < -0.3 is 10.1 Å². The second kappa shape index (κ2) is 9.29. The van der Waals surface area contributed by atoms with Crippen LogP contribution in [0.3, 0.4) is 0 Å². The molecule has 0 unspecified atom stereocenters. The van der Waals surface area contributed by atoms with E-state index in [1.165, 1.54) is 6.42 Å². The Kier molecular flexibility index (Phi) is 7.37. The van der Waals surface area contributed by atoms with E-state index in [2.05, 4.69) is 11.4 Å². The molecule has 1 aliphatic heterocycles. The Labute approximate surface area is 138 Å². The van der Waals surface area contributed by atoms with Gasteiger partial charge in [0.05, 0.1) is 6.10 Å². The van der Waals surface area contributed by atoms with Gasteiger partial charge in [-0.3, -0.25) is 4.79 Å². The Morgan fingerprint density at radius 3 is 3.05 bits per heavy atom. The molecule has 0 aromatic heterocycles. The summed E-state index contributed by atoms with van der Waals surface area (Å²) in [5, 5.41) is 4.20. The summed E-state index contributed by atoms with van der Waals surface area (Å²) in [7, 11) is 0. The molecule has 0 saturated carbocycles. The molecule has 122 valence electrons. The lowest BCUT2D eigenvalue weighted by Crippen LogP contribution is -2.34. The number of hydrogen-bond donors (Lipinski definition) is 1. The highest BCUT2D eigenvalue weighted by atomic mass is 35.5. The van der Waals surface area contributed by atoms with E-state index in [-0.39, 0.29) is 6.10 Å². The second-order valence-electron chi connectivity index (χ2n) is 5.95. The number of benzene rings is 1. The molecule has 1 aromatic rings. The number of nitrogens with one attached hydrogen (secondary N) is 1. The fourth-order valence-corrected chi connectivity index (χ4v) is 3.18. The van der Waals surface area contributed by atoms with Crippen molar-refractivity contribution in [2.45, 2.75) is 45.1 Å². The van der Waals surface area contributed by atoms with Gasteiger partial charge in [-0.1, -0.05) is 30.7 Å². The van der Waals surface area contributed by atoms with Gasteiger partial charge in [-0.2, -0.15) is 0 Å². The number of piperidine rings is 1. The lowest BCUT2D eigenvalue weighted by Gasteiger charge is -2.31. The number of hydrogen-bond acceptors (Lipinski definition) is 3. The van der Waals surface area contributed by atoms with E-state index in [0.717, 1.165) is 36.5 Å². The van der Waals surface area contributed by atoms with E-state index < -0.39 is 0 Å². The minimum atomic E-state index is 0.0585.